The summed E-state index contributed by atoms with van der Waals surface area (Å²) in [5, 5.41) is 150. The molecule has 0 saturated carbocycles. The minimum absolute atomic E-state index is 0. The van der Waals surface area contributed by atoms with Crippen molar-refractivity contribution in [2.24, 2.45) is 0 Å². The zero-order valence-corrected chi connectivity index (χ0v) is 34.8. The Bertz CT molecular complexity index is 529. The minimum Gasteiger partial charge on any atom is -0.512 e. The summed E-state index contributed by atoms with van der Waals surface area (Å²) in [6, 6.07) is 0. The molecule has 0 aromatic heterocycles. The molecule has 0 aliphatic carbocycles. The molecule has 24 nitrogen and oxygen atoms in total. The molecule has 0 aliphatic heterocycles. The van der Waals surface area contributed by atoms with Crippen molar-refractivity contribution in [1.29, 1.82) is 126 Å². The van der Waals surface area contributed by atoms with Crippen LogP contribution in [0.3, 0.4) is 0 Å². The number of nitrogens with zero attached hydrogens (tertiary/aromatic N) is 24. The standard InChI is InChI=1S/24CN.4Fe.3Ru/c24*1-2;;;;;;;/q24*-1;4*+3;3*+4. The van der Waals surface area contributed by atoms with Crippen LogP contribution in [0.25, 0.3) is 0 Å². The van der Waals surface area contributed by atoms with Crippen LogP contribution in [0.4, 0.5) is 0 Å². The van der Waals surface area contributed by atoms with E-state index in [4.69, 9.17) is 284 Å². The third-order valence-electron chi connectivity index (χ3n) is 0. The molecule has 4 radical (unpaired) electrons. The van der Waals surface area contributed by atoms with E-state index in [1.54, 1.807) is 0 Å². The second kappa shape index (κ2) is 1330. The summed E-state index contributed by atoms with van der Waals surface area (Å²) in [6.07, 6.45) is 0. The third kappa shape index (κ3) is 1270. The van der Waals surface area contributed by atoms with E-state index < -0.39 is 0 Å². The van der Waals surface area contributed by atoms with E-state index in [1.807, 2.05) is 0 Å². The van der Waals surface area contributed by atoms with Gasteiger partial charge in [-0.25, -0.2) is 0 Å². The number of rotatable bonds is 0. The first kappa shape index (κ1) is 395. The van der Waals surface area contributed by atoms with Crippen LogP contribution < -0.4 is 0 Å². The average Bonchev–Trinajstić information content (AvgIpc) is 3.34. The van der Waals surface area contributed by atoms with Gasteiger partial charge < -0.3 is 284 Å². The van der Waals surface area contributed by atoms with Crippen LogP contribution in [0, 0.1) is 284 Å². The van der Waals surface area contributed by atoms with E-state index in [2.05, 4.69) is 0 Å². The molecule has 31 heteroatoms. The molecule has 0 bridgehead atoms. The molecular weight excluding hydrogens is 1150 g/mol. The Morgan fingerprint density at radius 1 is 0.0909 bits per heavy atom. The van der Waals surface area contributed by atoms with Gasteiger partial charge in [0.25, 0.3) is 0 Å². The minimum atomic E-state index is 0. The second-order valence-corrected chi connectivity index (χ2v) is 0. The van der Waals surface area contributed by atoms with E-state index in [9.17, 15) is 0 Å². The van der Waals surface area contributed by atoms with Gasteiger partial charge in [-0.3, -0.25) is 0 Å². The van der Waals surface area contributed by atoms with Crippen molar-refractivity contribution in [3.05, 3.63) is 158 Å². The molecule has 0 aromatic rings. The first-order chi connectivity index (χ1) is 24.0. The van der Waals surface area contributed by atoms with Gasteiger partial charge in [-0.05, 0) is 0 Å². The molecule has 0 heterocycles. The molecule has 0 aliphatic rings. The fraction of sp³-hybridized carbons (Fsp3) is 0. The molecule has 0 rings (SSSR count). The molecule has 0 aromatic carbocycles. The molecule has 0 saturated heterocycles. The Labute approximate surface area is 407 Å². The molecular formula is C24Fe4N24Ru3. The maximum Gasteiger partial charge on any atom is 4.00 e. The largest absolute Gasteiger partial charge is 4.00 e. The van der Waals surface area contributed by atoms with E-state index in [0.29, 0.717) is 0 Å². The summed E-state index contributed by atoms with van der Waals surface area (Å²) in [4.78, 5) is 0. The quantitative estimate of drug-likeness (QED) is 0.248. The molecule has 0 amide bonds. The van der Waals surface area contributed by atoms with Gasteiger partial charge in [0, 0.05) is 0 Å². The molecule has 0 spiro atoms. The first-order valence-corrected chi connectivity index (χ1v) is 5.37. The summed E-state index contributed by atoms with van der Waals surface area (Å²) in [6.45, 7) is 114. The maximum absolute atomic E-state index is 6.25. The van der Waals surface area contributed by atoms with Crippen molar-refractivity contribution in [3.8, 4) is 0 Å². The van der Waals surface area contributed by atoms with Crippen LogP contribution in [-0.4, -0.2) is 0 Å². The monoisotopic (exact) mass is 1150 g/mol. The summed E-state index contributed by atoms with van der Waals surface area (Å²) >= 11 is 0. The van der Waals surface area contributed by atoms with Crippen LogP contribution >= 0.6 is 0 Å². The molecule has 0 fully saturated rings. The number of hydrogen-bond acceptors (Lipinski definition) is 24. The summed E-state index contributed by atoms with van der Waals surface area (Å²) < 4.78 is 0. The van der Waals surface area contributed by atoms with Crippen molar-refractivity contribution >= 4 is 0 Å². The molecule has 0 atom stereocenters. The van der Waals surface area contributed by atoms with Gasteiger partial charge in [0.1, 0.15) is 0 Å². The Balaban J connectivity index is -0.00000000375. The van der Waals surface area contributed by atoms with E-state index in [0.717, 1.165) is 0 Å². The topological polar surface area (TPSA) is 571 Å². The van der Waals surface area contributed by atoms with Crippen molar-refractivity contribution in [1.82, 2.24) is 0 Å². The summed E-state index contributed by atoms with van der Waals surface area (Å²) in [7, 11) is 0. The summed E-state index contributed by atoms with van der Waals surface area (Å²) in [5.74, 6) is 0. The first-order valence-electron chi connectivity index (χ1n) is 5.37. The second-order valence-electron chi connectivity index (χ2n) is 0. The van der Waals surface area contributed by atoms with Gasteiger partial charge in [0.15, 0.2) is 0 Å². The molecule has 272 valence electrons. The Morgan fingerprint density at radius 3 is 0.0909 bits per heavy atom. The Morgan fingerprint density at radius 2 is 0.0909 bits per heavy atom. The van der Waals surface area contributed by atoms with Gasteiger partial charge in [-0.1, -0.05) is 0 Å². The maximum atomic E-state index is 6.25. The normalized spacial score (nSPS) is 0.873. The molecule has 0 N–H and O–H groups in total. The SMILES string of the molecule is [C-]#N.[C-]#N.[C-]#N.[C-]#N.[C-]#N.[C-]#N.[C-]#N.[C-]#N.[C-]#N.[C-]#N.[C-]#N.[C-]#N.[C-]#N.[C-]#N.[C-]#N.[C-]#N.[C-]#N.[C-]#N.[C-]#N.[C-]#N.[C-]#N.[C-]#N.[C-]#N.[C-]#N.[Fe+3].[Fe+3].[Fe+3].[Fe+3].[Ru+4].[Ru+4].[Ru+4]. The van der Waals surface area contributed by atoms with Gasteiger partial charge in [-0.15, -0.1) is 0 Å². The third-order valence-corrected chi connectivity index (χ3v) is 0. The predicted molar refractivity (Wildman–Crippen MR) is 119 cm³/mol. The van der Waals surface area contributed by atoms with Crippen LogP contribution in [-0.2, 0) is 127 Å². The Hall–Kier alpha value is -8.29. The van der Waals surface area contributed by atoms with Crippen LogP contribution in [0.15, 0.2) is 0 Å². The smallest absolute Gasteiger partial charge is 0.512 e. The van der Waals surface area contributed by atoms with Gasteiger partial charge >= 0.3 is 127 Å². The van der Waals surface area contributed by atoms with Gasteiger partial charge in [-0.2, -0.15) is 0 Å². The van der Waals surface area contributed by atoms with Gasteiger partial charge in [0.2, 0.25) is 0 Å². The van der Waals surface area contributed by atoms with Gasteiger partial charge in [0.05, 0.1) is 0 Å². The van der Waals surface area contributed by atoms with E-state index in [1.165, 1.54) is 0 Å². The fourth-order valence-electron chi connectivity index (χ4n) is 0. The van der Waals surface area contributed by atoms with Crippen molar-refractivity contribution in [3.63, 3.8) is 0 Å². The van der Waals surface area contributed by atoms with Crippen molar-refractivity contribution in [2.75, 3.05) is 0 Å². The fourth-order valence-corrected chi connectivity index (χ4v) is 0. The van der Waals surface area contributed by atoms with E-state index in [-0.39, 0.29) is 127 Å². The van der Waals surface area contributed by atoms with Crippen molar-refractivity contribution < 1.29 is 127 Å². The summed E-state index contributed by atoms with van der Waals surface area (Å²) in [5.41, 5.74) is 0. The van der Waals surface area contributed by atoms with Crippen LogP contribution in [0.2, 0.25) is 0 Å². The predicted octanol–water partition coefficient (Wildman–Crippen LogP) is 2.30. The van der Waals surface area contributed by atoms with Crippen molar-refractivity contribution in [2.45, 2.75) is 0 Å². The number of hydrogen-bond donors (Lipinski definition) is 0. The zero-order valence-electron chi connectivity index (χ0n) is 25.2. The van der Waals surface area contributed by atoms with Crippen LogP contribution in [0.1, 0.15) is 0 Å². The zero-order chi connectivity index (χ0) is 48.0. The Kier molecular flexibility index (Phi) is 9550. The molecule has 55 heavy (non-hydrogen) atoms. The average molecular weight is 1150 g/mol. The molecule has 0 unspecified atom stereocenters. The van der Waals surface area contributed by atoms with Crippen LogP contribution in [0.5, 0.6) is 0 Å². The van der Waals surface area contributed by atoms with E-state index >= 15 is 0 Å².